The summed E-state index contributed by atoms with van der Waals surface area (Å²) in [4.78, 5) is 23.4. The molecular weight excluding hydrogens is 366 g/mol. The van der Waals surface area contributed by atoms with E-state index in [1.807, 2.05) is 35.2 Å². The molecule has 0 radical (unpaired) electrons. The zero-order chi connectivity index (χ0) is 20.4. The molecule has 2 heterocycles. The lowest BCUT2D eigenvalue weighted by Gasteiger charge is -2.24. The number of benzene rings is 2. The minimum atomic E-state index is -0.0640. The maximum absolute atomic E-state index is 13.4. The highest BCUT2D eigenvalue weighted by atomic mass is 16.5. The number of H-pyrrole nitrogens is 1. The highest BCUT2D eigenvalue weighted by Crippen LogP contribution is 2.36. The van der Waals surface area contributed by atoms with Gasteiger partial charge in [-0.05, 0) is 43.5 Å². The summed E-state index contributed by atoms with van der Waals surface area (Å²) in [6.45, 7) is 4.51. The summed E-state index contributed by atoms with van der Waals surface area (Å²) in [6.07, 6.45) is 4.21. The van der Waals surface area contributed by atoms with Gasteiger partial charge in [-0.3, -0.25) is 4.79 Å². The van der Waals surface area contributed by atoms with Crippen LogP contribution in [-0.2, 0) is 6.42 Å². The molecule has 2 aromatic carbocycles. The minimum Gasteiger partial charge on any atom is -0.493 e. The van der Waals surface area contributed by atoms with E-state index in [0.717, 1.165) is 35.3 Å². The Kier molecular flexibility index (Phi) is 5.25. The predicted molar refractivity (Wildman–Crippen MR) is 113 cm³/mol. The summed E-state index contributed by atoms with van der Waals surface area (Å²) in [5.74, 6) is 2.00. The molecule has 1 amide bonds. The number of nitrogens with zero attached hydrogens (tertiary/aromatic N) is 2. The molecule has 0 aliphatic carbocycles. The number of nitrogens with one attached hydrogen (secondary N) is 1. The van der Waals surface area contributed by atoms with Crippen LogP contribution in [0.2, 0.25) is 0 Å². The van der Waals surface area contributed by atoms with Crippen LogP contribution in [0.1, 0.15) is 40.6 Å². The van der Waals surface area contributed by atoms with Gasteiger partial charge in [-0.2, -0.15) is 0 Å². The molecule has 6 nitrogen and oxygen atoms in total. The molecular formula is C23H25N3O3. The van der Waals surface area contributed by atoms with Crippen LogP contribution in [0.15, 0.2) is 49.1 Å². The third-order valence-corrected chi connectivity index (χ3v) is 5.40. The van der Waals surface area contributed by atoms with Crippen molar-refractivity contribution in [2.24, 2.45) is 0 Å². The number of allylic oxidation sites excluding steroid dienone is 1. The number of hydrogen-bond acceptors (Lipinski definition) is 4. The molecule has 1 fully saturated rings. The molecule has 1 atom stereocenters. The number of para-hydroxylation sites is 2. The number of aromatic nitrogens is 2. The first kappa shape index (κ1) is 19.1. The highest BCUT2D eigenvalue weighted by Gasteiger charge is 2.33. The van der Waals surface area contributed by atoms with Gasteiger partial charge in [0.05, 0.1) is 31.3 Å². The second-order valence-corrected chi connectivity index (χ2v) is 7.16. The van der Waals surface area contributed by atoms with E-state index < -0.39 is 0 Å². The first-order chi connectivity index (χ1) is 14.2. The number of rotatable bonds is 6. The summed E-state index contributed by atoms with van der Waals surface area (Å²) >= 11 is 0. The Balaban J connectivity index is 1.69. The number of imidazole rings is 1. The molecule has 1 unspecified atom stereocenters. The van der Waals surface area contributed by atoms with Gasteiger partial charge in [0.25, 0.3) is 5.91 Å². The van der Waals surface area contributed by atoms with Crippen molar-refractivity contribution in [3.8, 4) is 11.5 Å². The summed E-state index contributed by atoms with van der Waals surface area (Å²) < 4.78 is 11.0. The second-order valence-electron chi connectivity index (χ2n) is 7.16. The van der Waals surface area contributed by atoms with Gasteiger partial charge in [0.15, 0.2) is 11.5 Å². The second kappa shape index (κ2) is 7.99. The Bertz CT molecular complexity index is 1020. The van der Waals surface area contributed by atoms with E-state index in [-0.39, 0.29) is 11.9 Å². The largest absolute Gasteiger partial charge is 0.493 e. The van der Waals surface area contributed by atoms with E-state index in [2.05, 4.69) is 11.6 Å². The number of likely N-dealkylation sites (tertiary alicyclic amines) is 1. The number of carbonyl (C=O) groups excluding carboxylic acids is 1. The standard InChI is InChI=1S/C23H25N3O3/c1-4-8-15-13-16(14-20(28-2)21(15)29-3)23(27)26-12-7-11-19(26)22-24-17-9-5-6-10-18(17)25-22/h4-6,9-10,13-14,19H,1,7-8,11-12H2,2-3H3,(H,24,25). The van der Waals surface area contributed by atoms with Crippen LogP contribution in [0.5, 0.6) is 11.5 Å². The highest BCUT2D eigenvalue weighted by molar-refractivity contribution is 5.95. The molecule has 29 heavy (non-hydrogen) atoms. The van der Waals surface area contributed by atoms with Gasteiger partial charge in [-0.25, -0.2) is 4.98 Å². The third-order valence-electron chi connectivity index (χ3n) is 5.40. The Morgan fingerprint density at radius 2 is 2.14 bits per heavy atom. The third kappa shape index (κ3) is 3.46. The van der Waals surface area contributed by atoms with Crippen LogP contribution in [0.25, 0.3) is 11.0 Å². The van der Waals surface area contributed by atoms with Crippen molar-refractivity contribution in [2.75, 3.05) is 20.8 Å². The number of hydrogen-bond donors (Lipinski definition) is 1. The van der Waals surface area contributed by atoms with Crippen LogP contribution in [0.4, 0.5) is 0 Å². The predicted octanol–water partition coefficient (Wildman–Crippen LogP) is 4.29. The Labute approximate surface area is 170 Å². The lowest BCUT2D eigenvalue weighted by Crippen LogP contribution is -2.31. The van der Waals surface area contributed by atoms with Crippen molar-refractivity contribution in [3.63, 3.8) is 0 Å². The fraction of sp³-hybridized carbons (Fsp3) is 0.304. The van der Waals surface area contributed by atoms with Crippen LogP contribution in [0.3, 0.4) is 0 Å². The maximum atomic E-state index is 13.4. The monoisotopic (exact) mass is 391 g/mol. The molecule has 4 rings (SSSR count). The molecule has 1 aromatic heterocycles. The SMILES string of the molecule is C=CCc1cc(C(=O)N2CCCC2c2nc3ccccc3[nH]2)cc(OC)c1OC. The first-order valence-electron chi connectivity index (χ1n) is 9.77. The number of fused-ring (bicyclic) bond motifs is 1. The molecule has 3 aromatic rings. The molecule has 150 valence electrons. The summed E-state index contributed by atoms with van der Waals surface area (Å²) in [6, 6.07) is 11.5. The summed E-state index contributed by atoms with van der Waals surface area (Å²) in [5, 5.41) is 0. The van der Waals surface area contributed by atoms with Gasteiger partial charge in [-0.15, -0.1) is 6.58 Å². The smallest absolute Gasteiger partial charge is 0.254 e. The number of methoxy groups -OCH3 is 2. The Morgan fingerprint density at radius 1 is 1.31 bits per heavy atom. The van der Waals surface area contributed by atoms with Gasteiger partial charge in [-0.1, -0.05) is 18.2 Å². The topological polar surface area (TPSA) is 67.5 Å². The van der Waals surface area contributed by atoms with Crippen LogP contribution in [-0.4, -0.2) is 41.5 Å². The van der Waals surface area contributed by atoms with Crippen molar-refractivity contribution in [1.82, 2.24) is 14.9 Å². The van der Waals surface area contributed by atoms with Crippen molar-refractivity contribution >= 4 is 16.9 Å². The number of ether oxygens (including phenoxy) is 2. The molecule has 1 aliphatic heterocycles. The molecule has 0 spiro atoms. The number of amides is 1. The van der Waals surface area contributed by atoms with Crippen molar-refractivity contribution in [2.45, 2.75) is 25.3 Å². The minimum absolute atomic E-state index is 0.0285. The number of aromatic amines is 1. The van der Waals surface area contributed by atoms with Crippen LogP contribution < -0.4 is 9.47 Å². The van der Waals surface area contributed by atoms with Crippen LogP contribution >= 0.6 is 0 Å². The quantitative estimate of drug-likeness (QED) is 0.637. The van der Waals surface area contributed by atoms with Crippen LogP contribution in [0, 0.1) is 0 Å². The fourth-order valence-corrected chi connectivity index (χ4v) is 4.06. The van der Waals surface area contributed by atoms with Crippen molar-refractivity contribution in [3.05, 3.63) is 66.0 Å². The van der Waals surface area contributed by atoms with Gasteiger partial charge < -0.3 is 19.4 Å². The van der Waals surface area contributed by atoms with E-state index in [1.165, 1.54) is 0 Å². The molecule has 1 saturated heterocycles. The van der Waals surface area contributed by atoms with Crippen molar-refractivity contribution < 1.29 is 14.3 Å². The van der Waals surface area contributed by atoms with E-state index in [0.29, 0.717) is 30.0 Å². The average molecular weight is 391 g/mol. The summed E-state index contributed by atoms with van der Waals surface area (Å²) in [7, 11) is 3.18. The first-order valence-corrected chi connectivity index (χ1v) is 9.77. The zero-order valence-electron chi connectivity index (χ0n) is 16.8. The maximum Gasteiger partial charge on any atom is 0.254 e. The molecule has 1 aliphatic rings. The summed E-state index contributed by atoms with van der Waals surface area (Å²) in [5.41, 5.74) is 3.37. The van der Waals surface area contributed by atoms with Gasteiger partial charge in [0.1, 0.15) is 5.82 Å². The molecule has 0 bridgehead atoms. The van der Waals surface area contributed by atoms with Gasteiger partial charge in [0.2, 0.25) is 0 Å². The van der Waals surface area contributed by atoms with Gasteiger partial charge >= 0.3 is 0 Å². The van der Waals surface area contributed by atoms with Gasteiger partial charge in [0, 0.05) is 17.7 Å². The number of carbonyl (C=O) groups is 1. The molecule has 6 heteroatoms. The lowest BCUT2D eigenvalue weighted by atomic mass is 10.0. The lowest BCUT2D eigenvalue weighted by molar-refractivity contribution is 0.0730. The van der Waals surface area contributed by atoms with Crippen molar-refractivity contribution in [1.29, 1.82) is 0 Å². The van der Waals surface area contributed by atoms with E-state index in [4.69, 9.17) is 14.5 Å². The Morgan fingerprint density at radius 3 is 2.86 bits per heavy atom. The van der Waals surface area contributed by atoms with E-state index in [1.54, 1.807) is 26.4 Å². The molecule has 0 saturated carbocycles. The normalized spacial score (nSPS) is 16.2. The fourth-order valence-electron chi connectivity index (χ4n) is 4.06. The van der Waals surface area contributed by atoms with E-state index in [9.17, 15) is 4.79 Å². The van der Waals surface area contributed by atoms with E-state index >= 15 is 0 Å². The average Bonchev–Trinajstić information content (AvgIpc) is 3.39. The zero-order valence-corrected chi connectivity index (χ0v) is 16.8. The Hall–Kier alpha value is -3.28. The molecule has 1 N–H and O–H groups in total.